The van der Waals surface area contributed by atoms with Crippen LogP contribution in [0.3, 0.4) is 0 Å². The summed E-state index contributed by atoms with van der Waals surface area (Å²) >= 11 is 0. The normalized spacial score (nSPS) is 11.6. The van der Waals surface area contributed by atoms with Gasteiger partial charge in [-0.3, -0.25) is 0 Å². The van der Waals surface area contributed by atoms with Crippen LogP contribution in [0.4, 0.5) is 10.5 Å². The molecule has 98 valence electrons. The third-order valence-electron chi connectivity index (χ3n) is 2.98. The van der Waals surface area contributed by atoms with Gasteiger partial charge in [-0.2, -0.15) is 0 Å². The first-order valence-electron chi connectivity index (χ1n) is 6.21. The first-order valence-corrected chi connectivity index (χ1v) is 6.21. The average molecular weight is 246 g/mol. The van der Waals surface area contributed by atoms with Crippen molar-refractivity contribution in [3.05, 3.63) is 41.1 Å². The molecule has 2 N–H and O–H groups in total. The van der Waals surface area contributed by atoms with Crippen molar-refractivity contribution in [3.63, 3.8) is 0 Å². The predicted octanol–water partition coefficient (Wildman–Crippen LogP) is 3.98. The van der Waals surface area contributed by atoms with E-state index in [9.17, 15) is 4.79 Å². The van der Waals surface area contributed by atoms with Crippen LogP contribution in [0, 0.1) is 19.8 Å². The Morgan fingerprint density at radius 3 is 2.56 bits per heavy atom. The monoisotopic (exact) mass is 246 g/mol. The van der Waals surface area contributed by atoms with Crippen LogP contribution in [0.5, 0.6) is 0 Å². The Morgan fingerprint density at radius 2 is 1.94 bits per heavy atom. The minimum Gasteiger partial charge on any atom is -0.314 e. The molecule has 0 bridgehead atoms. The molecule has 0 fully saturated rings. The van der Waals surface area contributed by atoms with Crippen LogP contribution in [0.1, 0.15) is 31.9 Å². The van der Waals surface area contributed by atoms with Crippen molar-refractivity contribution in [3.8, 4) is 0 Å². The van der Waals surface area contributed by atoms with Gasteiger partial charge in [0.25, 0.3) is 0 Å². The number of allylic oxidation sites excluding steroid dienone is 1. The number of hydrogen-bond acceptors (Lipinski definition) is 1. The van der Waals surface area contributed by atoms with Gasteiger partial charge in [0.1, 0.15) is 0 Å². The van der Waals surface area contributed by atoms with Crippen LogP contribution in [-0.2, 0) is 0 Å². The maximum Gasteiger partial charge on any atom is 0.323 e. The fourth-order valence-corrected chi connectivity index (χ4v) is 1.37. The minimum absolute atomic E-state index is 0.205. The van der Waals surface area contributed by atoms with Crippen molar-refractivity contribution < 1.29 is 4.79 Å². The summed E-state index contributed by atoms with van der Waals surface area (Å²) in [6.07, 6.45) is 1.76. The van der Waals surface area contributed by atoms with Gasteiger partial charge in [-0.15, -0.1) is 0 Å². The fraction of sp³-hybridized carbons (Fsp3) is 0.400. The van der Waals surface area contributed by atoms with E-state index in [0.29, 0.717) is 5.92 Å². The third kappa shape index (κ3) is 4.24. The van der Waals surface area contributed by atoms with Crippen molar-refractivity contribution in [2.45, 2.75) is 34.6 Å². The summed E-state index contributed by atoms with van der Waals surface area (Å²) in [6.45, 7) is 10.2. The summed E-state index contributed by atoms with van der Waals surface area (Å²) in [6, 6.07) is 5.79. The number of nitrogens with one attached hydrogen (secondary N) is 2. The second-order valence-corrected chi connectivity index (χ2v) is 4.96. The Labute approximate surface area is 109 Å². The molecule has 0 aromatic heterocycles. The molecule has 0 saturated carbocycles. The molecular weight excluding hydrogens is 224 g/mol. The van der Waals surface area contributed by atoms with Crippen LogP contribution in [0.2, 0.25) is 0 Å². The SMILES string of the molecule is C/C(=C\NC(=O)Nc1cc(C)ccc1C)C(C)C. The highest BCUT2D eigenvalue weighted by atomic mass is 16.2. The molecule has 0 aliphatic heterocycles. The van der Waals surface area contributed by atoms with E-state index in [1.54, 1.807) is 6.20 Å². The second-order valence-electron chi connectivity index (χ2n) is 4.96. The largest absolute Gasteiger partial charge is 0.323 e. The smallest absolute Gasteiger partial charge is 0.314 e. The van der Waals surface area contributed by atoms with E-state index in [2.05, 4.69) is 24.5 Å². The Bertz CT molecular complexity index is 462. The highest BCUT2D eigenvalue weighted by molar-refractivity contribution is 5.90. The van der Waals surface area contributed by atoms with Gasteiger partial charge in [-0.25, -0.2) is 4.79 Å². The van der Waals surface area contributed by atoms with E-state index in [1.807, 2.05) is 39.0 Å². The van der Waals surface area contributed by atoms with Gasteiger partial charge in [0.2, 0.25) is 0 Å². The standard InChI is InChI=1S/C15H22N2O/c1-10(2)13(5)9-16-15(18)17-14-8-11(3)6-7-12(14)4/h6-10H,1-5H3,(H2,16,17,18)/b13-9+. The number of amides is 2. The zero-order valence-electron chi connectivity index (χ0n) is 11.8. The van der Waals surface area contributed by atoms with Crippen molar-refractivity contribution >= 4 is 11.7 Å². The van der Waals surface area contributed by atoms with Crippen molar-refractivity contribution in [2.24, 2.45) is 5.92 Å². The molecule has 1 aromatic carbocycles. The van der Waals surface area contributed by atoms with E-state index in [4.69, 9.17) is 0 Å². The number of carbonyl (C=O) groups excluding carboxylic acids is 1. The minimum atomic E-state index is -0.205. The zero-order valence-corrected chi connectivity index (χ0v) is 11.8. The number of rotatable bonds is 3. The molecule has 0 atom stereocenters. The first kappa shape index (κ1) is 14.3. The van der Waals surface area contributed by atoms with Crippen molar-refractivity contribution in [2.75, 3.05) is 5.32 Å². The van der Waals surface area contributed by atoms with Gasteiger partial charge in [0, 0.05) is 11.9 Å². The van der Waals surface area contributed by atoms with Gasteiger partial charge in [-0.1, -0.05) is 31.6 Å². The predicted molar refractivity (Wildman–Crippen MR) is 76.7 cm³/mol. The number of aryl methyl sites for hydroxylation is 2. The summed E-state index contributed by atoms with van der Waals surface area (Å²) < 4.78 is 0. The summed E-state index contributed by atoms with van der Waals surface area (Å²) in [7, 11) is 0. The lowest BCUT2D eigenvalue weighted by atomic mass is 10.1. The van der Waals surface area contributed by atoms with Crippen molar-refractivity contribution in [1.29, 1.82) is 0 Å². The Morgan fingerprint density at radius 1 is 1.28 bits per heavy atom. The molecule has 0 aliphatic carbocycles. The van der Waals surface area contributed by atoms with Crippen molar-refractivity contribution in [1.82, 2.24) is 5.32 Å². The van der Waals surface area contributed by atoms with E-state index >= 15 is 0 Å². The molecular formula is C15H22N2O. The van der Waals surface area contributed by atoms with Crippen LogP contribution in [0.25, 0.3) is 0 Å². The van der Waals surface area contributed by atoms with Gasteiger partial charge in [0.05, 0.1) is 0 Å². The number of benzene rings is 1. The molecule has 0 spiro atoms. The molecule has 0 unspecified atom stereocenters. The van der Waals surface area contributed by atoms with E-state index in [0.717, 1.165) is 22.4 Å². The van der Waals surface area contributed by atoms with E-state index in [-0.39, 0.29) is 6.03 Å². The lowest BCUT2D eigenvalue weighted by Gasteiger charge is -2.10. The molecule has 1 rings (SSSR count). The fourth-order valence-electron chi connectivity index (χ4n) is 1.37. The summed E-state index contributed by atoms with van der Waals surface area (Å²) in [5, 5.41) is 5.60. The molecule has 3 nitrogen and oxygen atoms in total. The lowest BCUT2D eigenvalue weighted by molar-refractivity contribution is 0.255. The zero-order chi connectivity index (χ0) is 13.7. The van der Waals surface area contributed by atoms with Crippen LogP contribution in [-0.4, -0.2) is 6.03 Å². The number of urea groups is 1. The van der Waals surface area contributed by atoms with Gasteiger partial charge < -0.3 is 10.6 Å². The molecule has 0 saturated heterocycles. The first-order chi connectivity index (χ1) is 8.40. The van der Waals surface area contributed by atoms with Gasteiger partial charge >= 0.3 is 6.03 Å². The second kappa shape index (κ2) is 6.24. The maximum atomic E-state index is 11.7. The Balaban J connectivity index is 2.65. The molecule has 0 radical (unpaired) electrons. The van der Waals surface area contributed by atoms with Crippen LogP contribution >= 0.6 is 0 Å². The molecule has 0 heterocycles. The van der Waals surface area contributed by atoms with Gasteiger partial charge in [-0.05, 0) is 43.9 Å². The third-order valence-corrected chi connectivity index (χ3v) is 2.98. The van der Waals surface area contributed by atoms with E-state index in [1.165, 1.54) is 0 Å². The highest BCUT2D eigenvalue weighted by Crippen LogP contribution is 2.16. The topological polar surface area (TPSA) is 41.1 Å². The maximum absolute atomic E-state index is 11.7. The molecule has 1 aromatic rings. The Kier molecular flexibility index (Phi) is 4.95. The highest BCUT2D eigenvalue weighted by Gasteiger charge is 2.03. The number of hydrogen-bond donors (Lipinski definition) is 2. The number of anilines is 1. The van der Waals surface area contributed by atoms with Crippen LogP contribution < -0.4 is 10.6 Å². The number of carbonyl (C=O) groups is 1. The Hall–Kier alpha value is -1.77. The van der Waals surface area contributed by atoms with E-state index < -0.39 is 0 Å². The van der Waals surface area contributed by atoms with Crippen LogP contribution in [0.15, 0.2) is 30.0 Å². The van der Waals surface area contributed by atoms with Gasteiger partial charge in [0.15, 0.2) is 0 Å². The quantitative estimate of drug-likeness (QED) is 0.832. The summed E-state index contributed by atoms with van der Waals surface area (Å²) in [5.74, 6) is 0.436. The summed E-state index contributed by atoms with van der Waals surface area (Å²) in [5.41, 5.74) is 4.18. The molecule has 18 heavy (non-hydrogen) atoms. The molecule has 0 aliphatic rings. The molecule has 2 amide bonds. The lowest BCUT2D eigenvalue weighted by Crippen LogP contribution is -2.25. The molecule has 3 heteroatoms. The average Bonchev–Trinajstić information content (AvgIpc) is 2.30. The summed E-state index contributed by atoms with van der Waals surface area (Å²) in [4.78, 5) is 11.7.